The van der Waals surface area contributed by atoms with Gasteiger partial charge in [-0.2, -0.15) is 0 Å². The van der Waals surface area contributed by atoms with Gasteiger partial charge < -0.3 is 5.32 Å². The second kappa shape index (κ2) is 7.07. The van der Waals surface area contributed by atoms with Gasteiger partial charge in [0, 0.05) is 24.4 Å². The lowest BCUT2D eigenvalue weighted by molar-refractivity contribution is -0.125. The molecule has 0 radical (unpaired) electrons. The molecular formula is C24H33NO2. The summed E-state index contributed by atoms with van der Waals surface area (Å²) in [6, 6.07) is 6.03. The number of benzene rings is 1. The van der Waals surface area contributed by atoms with E-state index in [4.69, 9.17) is 0 Å². The van der Waals surface area contributed by atoms with Crippen molar-refractivity contribution in [2.75, 3.05) is 0 Å². The molecule has 27 heavy (non-hydrogen) atoms. The van der Waals surface area contributed by atoms with Crippen molar-refractivity contribution in [2.24, 2.45) is 23.2 Å². The molecule has 0 heterocycles. The number of hydrogen-bond acceptors (Lipinski definition) is 2. The highest BCUT2D eigenvalue weighted by Gasteiger charge is 2.53. The van der Waals surface area contributed by atoms with Crippen LogP contribution in [0.4, 0.5) is 0 Å². The second-order valence-electron chi connectivity index (χ2n) is 9.79. The van der Waals surface area contributed by atoms with Crippen LogP contribution in [0, 0.1) is 37.0 Å². The van der Waals surface area contributed by atoms with E-state index in [9.17, 15) is 9.59 Å². The van der Waals surface area contributed by atoms with Crippen molar-refractivity contribution in [1.29, 1.82) is 0 Å². The van der Waals surface area contributed by atoms with Gasteiger partial charge in [-0.05, 0) is 99.7 Å². The maximum absolute atomic E-state index is 12.5. The first-order chi connectivity index (χ1) is 12.8. The number of nitrogens with one attached hydrogen (secondary N) is 1. The topological polar surface area (TPSA) is 46.2 Å². The lowest BCUT2D eigenvalue weighted by Gasteiger charge is -2.59. The number of aryl methyl sites for hydroxylation is 2. The van der Waals surface area contributed by atoms with Crippen molar-refractivity contribution in [3.8, 4) is 0 Å². The van der Waals surface area contributed by atoms with Crippen molar-refractivity contribution in [1.82, 2.24) is 5.32 Å². The smallest absolute Gasteiger partial charge is 0.220 e. The Balaban J connectivity index is 1.31. The molecule has 4 saturated carbocycles. The normalized spacial score (nSPS) is 32.3. The minimum atomic E-state index is 0.0374. The quantitative estimate of drug-likeness (QED) is 0.720. The zero-order valence-corrected chi connectivity index (χ0v) is 17.0. The Labute approximate surface area is 163 Å². The fourth-order valence-electron chi connectivity index (χ4n) is 6.46. The van der Waals surface area contributed by atoms with E-state index in [1.165, 1.54) is 44.1 Å². The van der Waals surface area contributed by atoms with Crippen LogP contribution >= 0.6 is 0 Å². The van der Waals surface area contributed by atoms with Gasteiger partial charge in [0.2, 0.25) is 5.91 Å². The predicted molar refractivity (Wildman–Crippen MR) is 108 cm³/mol. The molecule has 1 unspecified atom stereocenters. The molecule has 1 aromatic rings. The highest BCUT2D eigenvalue weighted by Crippen LogP contribution is 2.61. The number of rotatable bonds is 6. The van der Waals surface area contributed by atoms with Gasteiger partial charge in [-0.15, -0.1) is 0 Å². The first-order valence-corrected chi connectivity index (χ1v) is 10.7. The molecule has 4 bridgehead atoms. The molecule has 5 rings (SSSR count). The number of carbonyl (C=O) groups excluding carboxylic acids is 2. The molecular weight excluding hydrogens is 334 g/mol. The average Bonchev–Trinajstić information content (AvgIpc) is 2.61. The molecule has 4 aliphatic carbocycles. The minimum absolute atomic E-state index is 0.0374. The molecule has 1 atom stereocenters. The van der Waals surface area contributed by atoms with Gasteiger partial charge in [-0.1, -0.05) is 12.1 Å². The van der Waals surface area contributed by atoms with Crippen LogP contribution < -0.4 is 5.32 Å². The summed E-state index contributed by atoms with van der Waals surface area (Å²) < 4.78 is 0. The lowest BCUT2D eigenvalue weighted by Crippen LogP contribution is -2.55. The standard InChI is InChI=1S/C24H33NO2/c1-15-4-5-21(8-16(15)2)22(26)6-7-23(27)25-17(3)24-12-18-9-19(13-24)11-20(10-18)14-24/h4-5,8,17-20H,6-7,9-14H2,1-3H3,(H,25,27). The predicted octanol–water partition coefficient (Wildman–Crippen LogP) is 4.99. The summed E-state index contributed by atoms with van der Waals surface area (Å²) in [5.41, 5.74) is 3.36. The summed E-state index contributed by atoms with van der Waals surface area (Å²) in [4.78, 5) is 25.0. The van der Waals surface area contributed by atoms with E-state index in [2.05, 4.69) is 12.2 Å². The van der Waals surface area contributed by atoms with Crippen molar-refractivity contribution >= 4 is 11.7 Å². The molecule has 1 N–H and O–H groups in total. The molecule has 0 saturated heterocycles. The van der Waals surface area contributed by atoms with Gasteiger partial charge in [0.05, 0.1) is 0 Å². The molecule has 4 aliphatic rings. The van der Waals surface area contributed by atoms with Crippen LogP contribution in [0.25, 0.3) is 0 Å². The Morgan fingerprint density at radius 1 is 1.00 bits per heavy atom. The summed E-state index contributed by atoms with van der Waals surface area (Å²) in [5, 5.41) is 3.27. The molecule has 4 fully saturated rings. The van der Waals surface area contributed by atoms with Crippen LogP contribution in [0.15, 0.2) is 18.2 Å². The van der Waals surface area contributed by atoms with Crippen LogP contribution in [0.3, 0.4) is 0 Å². The highest BCUT2D eigenvalue weighted by atomic mass is 16.2. The minimum Gasteiger partial charge on any atom is -0.353 e. The van der Waals surface area contributed by atoms with E-state index in [1.54, 1.807) is 0 Å². The zero-order valence-electron chi connectivity index (χ0n) is 17.0. The van der Waals surface area contributed by atoms with E-state index in [-0.39, 0.29) is 17.7 Å². The first-order valence-electron chi connectivity index (χ1n) is 10.7. The second-order valence-corrected chi connectivity index (χ2v) is 9.79. The van der Waals surface area contributed by atoms with Gasteiger partial charge in [-0.25, -0.2) is 0 Å². The maximum Gasteiger partial charge on any atom is 0.220 e. The number of hydrogen-bond donors (Lipinski definition) is 1. The third kappa shape index (κ3) is 3.70. The van der Waals surface area contributed by atoms with E-state index in [0.717, 1.165) is 28.9 Å². The van der Waals surface area contributed by atoms with E-state index in [1.807, 2.05) is 32.0 Å². The molecule has 0 aromatic heterocycles. The fraction of sp³-hybridized carbons (Fsp3) is 0.667. The van der Waals surface area contributed by atoms with Gasteiger partial charge in [-0.3, -0.25) is 9.59 Å². The van der Waals surface area contributed by atoms with E-state index >= 15 is 0 Å². The molecule has 0 spiro atoms. The molecule has 146 valence electrons. The van der Waals surface area contributed by atoms with Crippen molar-refractivity contribution in [2.45, 2.75) is 78.2 Å². The van der Waals surface area contributed by atoms with Crippen molar-refractivity contribution in [3.05, 3.63) is 34.9 Å². The van der Waals surface area contributed by atoms with Gasteiger partial charge in [0.1, 0.15) is 0 Å². The maximum atomic E-state index is 12.5. The fourth-order valence-corrected chi connectivity index (χ4v) is 6.46. The number of carbonyl (C=O) groups is 2. The Morgan fingerprint density at radius 3 is 2.15 bits per heavy atom. The van der Waals surface area contributed by atoms with Crippen molar-refractivity contribution in [3.63, 3.8) is 0 Å². The van der Waals surface area contributed by atoms with E-state index < -0.39 is 0 Å². The third-order valence-electron chi connectivity index (χ3n) is 7.79. The Morgan fingerprint density at radius 2 is 1.59 bits per heavy atom. The summed E-state index contributed by atoms with van der Waals surface area (Å²) >= 11 is 0. The largest absolute Gasteiger partial charge is 0.353 e. The first kappa shape index (κ1) is 18.7. The summed E-state index contributed by atoms with van der Waals surface area (Å²) in [5.74, 6) is 2.78. The monoisotopic (exact) mass is 367 g/mol. The van der Waals surface area contributed by atoms with E-state index in [0.29, 0.717) is 18.3 Å². The SMILES string of the molecule is Cc1ccc(C(=O)CCC(=O)NC(C)C23CC4CC(CC(C4)C2)C3)cc1C. The molecule has 3 nitrogen and oxygen atoms in total. The number of amides is 1. The van der Waals surface area contributed by atoms with Crippen LogP contribution in [0.5, 0.6) is 0 Å². The van der Waals surface area contributed by atoms with Crippen LogP contribution in [0.2, 0.25) is 0 Å². The zero-order chi connectivity index (χ0) is 19.2. The van der Waals surface area contributed by atoms with Gasteiger partial charge in [0.25, 0.3) is 0 Å². The number of Topliss-reactive ketones (excluding diaryl/α,β-unsaturated/α-hetero) is 1. The van der Waals surface area contributed by atoms with Gasteiger partial charge in [0.15, 0.2) is 5.78 Å². The third-order valence-corrected chi connectivity index (χ3v) is 7.79. The lowest BCUT2D eigenvalue weighted by atomic mass is 9.48. The Kier molecular flexibility index (Phi) is 4.90. The molecule has 1 amide bonds. The van der Waals surface area contributed by atoms with Gasteiger partial charge >= 0.3 is 0 Å². The molecule has 1 aromatic carbocycles. The summed E-state index contributed by atoms with van der Waals surface area (Å²) in [7, 11) is 0. The average molecular weight is 368 g/mol. The molecule has 0 aliphatic heterocycles. The van der Waals surface area contributed by atoms with Crippen LogP contribution in [0.1, 0.15) is 79.8 Å². The van der Waals surface area contributed by atoms with Crippen molar-refractivity contribution < 1.29 is 9.59 Å². The Bertz CT molecular complexity index is 715. The highest BCUT2D eigenvalue weighted by molar-refractivity contribution is 5.98. The number of ketones is 1. The molecule has 3 heteroatoms. The summed E-state index contributed by atoms with van der Waals surface area (Å²) in [6.45, 7) is 6.27. The summed E-state index contributed by atoms with van der Waals surface area (Å²) in [6.07, 6.45) is 8.73. The Hall–Kier alpha value is -1.64. The van der Waals surface area contributed by atoms with Crippen LogP contribution in [-0.4, -0.2) is 17.7 Å². The van der Waals surface area contributed by atoms with Crippen LogP contribution in [-0.2, 0) is 4.79 Å².